The maximum atomic E-state index is 12.8. The molecule has 0 radical (unpaired) electrons. The largest absolute Gasteiger partial charge is 0.489 e. The average Bonchev–Trinajstić information content (AvgIpc) is 2.84. The minimum Gasteiger partial charge on any atom is -0.489 e. The van der Waals surface area contributed by atoms with Gasteiger partial charge in [0.25, 0.3) is 0 Å². The van der Waals surface area contributed by atoms with Crippen LogP contribution in [-0.4, -0.2) is 57.7 Å². The third kappa shape index (κ3) is 5.72. The number of benzene rings is 2. The highest BCUT2D eigenvalue weighted by Crippen LogP contribution is 2.32. The number of nitrogens with zero attached hydrogens (tertiary/aromatic N) is 3. The van der Waals surface area contributed by atoms with E-state index in [4.69, 9.17) is 11.3 Å². The number of rotatable bonds is 7. The van der Waals surface area contributed by atoms with Gasteiger partial charge < -0.3 is 9.64 Å². The zero-order valence-electron chi connectivity index (χ0n) is 20.0. The number of hydrogen-bond donors (Lipinski definition) is 1. The second-order valence-electron chi connectivity index (χ2n) is 9.36. The third-order valence-corrected chi connectivity index (χ3v) is 8.26. The fourth-order valence-corrected chi connectivity index (χ4v) is 6.47. The molecule has 1 heterocycles. The van der Waals surface area contributed by atoms with E-state index in [1.165, 1.54) is 6.07 Å². The van der Waals surface area contributed by atoms with Gasteiger partial charge in [0.15, 0.2) is 0 Å². The lowest BCUT2D eigenvalue weighted by atomic mass is 9.90. The van der Waals surface area contributed by atoms with Crippen molar-refractivity contribution in [3.63, 3.8) is 0 Å². The molecule has 1 aliphatic carbocycles. The van der Waals surface area contributed by atoms with Gasteiger partial charge in [0.05, 0.1) is 23.3 Å². The lowest BCUT2D eigenvalue weighted by Gasteiger charge is -2.43. The smallest absolute Gasteiger partial charge is 0.231 e. The van der Waals surface area contributed by atoms with Gasteiger partial charge >= 0.3 is 0 Å². The molecule has 0 amide bonds. The first-order valence-corrected chi connectivity index (χ1v) is 13.6. The first-order valence-electron chi connectivity index (χ1n) is 12.1. The molecule has 1 N–H and O–H groups in total. The number of para-hydroxylation sites is 3. The molecule has 2 aromatic carbocycles. The second kappa shape index (κ2) is 10.8. The van der Waals surface area contributed by atoms with Crippen molar-refractivity contribution in [2.75, 3.05) is 31.1 Å². The summed E-state index contributed by atoms with van der Waals surface area (Å²) in [6.07, 6.45) is 3.73. The van der Waals surface area contributed by atoms with Crippen LogP contribution in [0.5, 0.6) is 5.75 Å². The van der Waals surface area contributed by atoms with E-state index in [2.05, 4.69) is 45.3 Å². The summed E-state index contributed by atoms with van der Waals surface area (Å²) in [6, 6.07) is 15.1. The molecule has 2 fully saturated rings. The molecule has 0 bridgehead atoms. The van der Waals surface area contributed by atoms with E-state index in [0.717, 1.165) is 63.3 Å². The molecule has 1 saturated carbocycles. The Morgan fingerprint density at radius 3 is 2.29 bits per heavy atom. The Hall–Kier alpha value is -2.60. The summed E-state index contributed by atoms with van der Waals surface area (Å²) in [5, 5.41) is 0. The van der Waals surface area contributed by atoms with E-state index in [-0.39, 0.29) is 22.7 Å². The Morgan fingerprint density at radius 2 is 1.62 bits per heavy atom. The zero-order valence-corrected chi connectivity index (χ0v) is 20.8. The standard InChI is InChI=1S/C26H34N4O3S/c1-20(2)33-25-10-6-5-9-24(25)30-18-16-29(17-19-30)22-14-12-21(13-15-22)28-34(31,32)26-11-7-4-8-23(26)27-3/h4-11,20-22,28H,12-19H2,1-2H3. The molecular formula is C26H34N4O3S. The molecule has 0 aromatic heterocycles. The van der Waals surface area contributed by atoms with Crippen molar-refractivity contribution in [2.45, 2.75) is 62.6 Å². The highest BCUT2D eigenvalue weighted by Gasteiger charge is 2.31. The van der Waals surface area contributed by atoms with Gasteiger partial charge in [-0.3, -0.25) is 4.90 Å². The molecule has 1 saturated heterocycles. The third-order valence-electron chi connectivity index (χ3n) is 6.69. The Labute approximate surface area is 203 Å². The van der Waals surface area contributed by atoms with E-state index in [0.29, 0.717) is 6.04 Å². The van der Waals surface area contributed by atoms with Crippen LogP contribution in [0.1, 0.15) is 39.5 Å². The first kappa shape index (κ1) is 24.5. The molecule has 2 aromatic rings. The summed E-state index contributed by atoms with van der Waals surface area (Å²) < 4.78 is 34.6. The first-order chi connectivity index (χ1) is 16.4. The van der Waals surface area contributed by atoms with Gasteiger partial charge in [0.2, 0.25) is 15.7 Å². The van der Waals surface area contributed by atoms with Crippen molar-refractivity contribution in [2.24, 2.45) is 0 Å². The van der Waals surface area contributed by atoms with Gasteiger partial charge in [0.1, 0.15) is 5.75 Å². The lowest BCUT2D eigenvalue weighted by molar-refractivity contribution is 0.139. The van der Waals surface area contributed by atoms with Crippen LogP contribution < -0.4 is 14.4 Å². The lowest BCUT2D eigenvalue weighted by Crippen LogP contribution is -2.52. The minimum atomic E-state index is -3.69. The molecule has 1 aliphatic heterocycles. The minimum absolute atomic E-state index is 0.0740. The Morgan fingerprint density at radius 1 is 0.971 bits per heavy atom. The van der Waals surface area contributed by atoms with Crippen LogP contribution in [0.3, 0.4) is 0 Å². The topological polar surface area (TPSA) is 66.2 Å². The van der Waals surface area contributed by atoms with Crippen molar-refractivity contribution < 1.29 is 13.2 Å². The number of piperazine rings is 1. The molecule has 34 heavy (non-hydrogen) atoms. The number of nitrogens with one attached hydrogen (secondary N) is 1. The van der Waals surface area contributed by atoms with Gasteiger partial charge in [-0.1, -0.05) is 36.4 Å². The van der Waals surface area contributed by atoms with Crippen LogP contribution >= 0.6 is 0 Å². The average molecular weight is 483 g/mol. The highest BCUT2D eigenvalue weighted by atomic mass is 32.2. The number of anilines is 1. The Kier molecular flexibility index (Phi) is 7.77. The normalized spacial score (nSPS) is 21.9. The van der Waals surface area contributed by atoms with Crippen molar-refractivity contribution in [1.82, 2.24) is 9.62 Å². The van der Waals surface area contributed by atoms with Crippen molar-refractivity contribution in [3.05, 3.63) is 59.9 Å². The van der Waals surface area contributed by atoms with Crippen LogP contribution in [0.2, 0.25) is 0 Å². The summed E-state index contributed by atoms with van der Waals surface area (Å²) in [4.78, 5) is 8.40. The van der Waals surface area contributed by atoms with E-state index in [1.807, 2.05) is 12.1 Å². The van der Waals surface area contributed by atoms with Crippen LogP contribution in [0.25, 0.3) is 4.85 Å². The summed E-state index contributed by atoms with van der Waals surface area (Å²) >= 11 is 0. The number of sulfonamides is 1. The van der Waals surface area contributed by atoms with Gasteiger partial charge in [-0.05, 0) is 51.7 Å². The monoisotopic (exact) mass is 482 g/mol. The molecule has 8 heteroatoms. The zero-order chi connectivity index (χ0) is 24.1. The van der Waals surface area contributed by atoms with E-state index in [9.17, 15) is 8.42 Å². The number of ether oxygens (including phenoxy) is 1. The van der Waals surface area contributed by atoms with E-state index in [1.54, 1.807) is 18.2 Å². The van der Waals surface area contributed by atoms with Gasteiger partial charge in [-0.15, -0.1) is 0 Å². The van der Waals surface area contributed by atoms with Gasteiger partial charge in [0, 0.05) is 38.3 Å². The summed E-state index contributed by atoms with van der Waals surface area (Å²) in [5.41, 5.74) is 1.33. The van der Waals surface area contributed by atoms with Crippen LogP contribution in [0.4, 0.5) is 11.4 Å². The summed E-state index contributed by atoms with van der Waals surface area (Å²) in [7, 11) is -3.69. The second-order valence-corrected chi connectivity index (χ2v) is 11.0. The highest BCUT2D eigenvalue weighted by molar-refractivity contribution is 7.89. The predicted molar refractivity (Wildman–Crippen MR) is 135 cm³/mol. The van der Waals surface area contributed by atoms with E-state index < -0.39 is 10.0 Å². The van der Waals surface area contributed by atoms with Crippen LogP contribution in [0.15, 0.2) is 53.4 Å². The van der Waals surface area contributed by atoms with Crippen LogP contribution in [0, 0.1) is 6.57 Å². The SMILES string of the molecule is [C-]#[N+]c1ccccc1S(=O)(=O)NC1CCC(N2CCN(c3ccccc3OC(C)C)CC2)CC1. The molecular weight excluding hydrogens is 448 g/mol. The number of hydrogen-bond acceptors (Lipinski definition) is 5. The maximum Gasteiger partial charge on any atom is 0.231 e. The molecule has 7 nitrogen and oxygen atoms in total. The molecule has 0 spiro atoms. The van der Waals surface area contributed by atoms with Crippen LogP contribution in [-0.2, 0) is 10.0 Å². The quantitative estimate of drug-likeness (QED) is 0.591. The summed E-state index contributed by atoms with van der Waals surface area (Å²) in [6.45, 7) is 15.3. The van der Waals surface area contributed by atoms with E-state index >= 15 is 0 Å². The Balaban J connectivity index is 1.29. The van der Waals surface area contributed by atoms with Crippen molar-refractivity contribution in [3.8, 4) is 5.75 Å². The maximum absolute atomic E-state index is 12.8. The van der Waals surface area contributed by atoms with Gasteiger partial charge in [-0.25, -0.2) is 18.0 Å². The van der Waals surface area contributed by atoms with Crippen molar-refractivity contribution in [1.29, 1.82) is 0 Å². The molecule has 0 unspecified atom stereocenters. The fraction of sp³-hybridized carbons (Fsp3) is 0.500. The van der Waals surface area contributed by atoms with Crippen molar-refractivity contribution >= 4 is 21.4 Å². The molecule has 4 rings (SSSR count). The van der Waals surface area contributed by atoms with Gasteiger partial charge in [-0.2, -0.15) is 0 Å². The molecule has 2 aliphatic rings. The molecule has 182 valence electrons. The Bertz CT molecular complexity index is 1110. The fourth-order valence-electron chi connectivity index (χ4n) is 5.02. The predicted octanol–water partition coefficient (Wildman–Crippen LogP) is 4.44. The summed E-state index contributed by atoms with van der Waals surface area (Å²) in [5.74, 6) is 0.943. The molecule has 0 atom stereocenters.